The fraction of sp³-hybridized carbons (Fsp3) is 0.0476. The van der Waals surface area contributed by atoms with Gasteiger partial charge >= 0.3 is 0 Å². The Morgan fingerprint density at radius 2 is 1.86 bits per heavy atom. The van der Waals surface area contributed by atoms with Gasteiger partial charge in [0.05, 0.1) is 17.4 Å². The average Bonchev–Trinajstić information content (AvgIpc) is 2.74. The van der Waals surface area contributed by atoms with Crippen molar-refractivity contribution in [1.29, 1.82) is 0 Å². The van der Waals surface area contributed by atoms with Crippen LogP contribution in [0, 0.1) is 5.82 Å². The summed E-state index contributed by atoms with van der Waals surface area (Å²) in [7, 11) is 0. The van der Waals surface area contributed by atoms with E-state index in [0.29, 0.717) is 5.69 Å². The van der Waals surface area contributed by atoms with Crippen molar-refractivity contribution in [2.24, 2.45) is 5.10 Å². The van der Waals surface area contributed by atoms with E-state index < -0.39 is 5.82 Å². The first-order valence-corrected chi connectivity index (χ1v) is 8.69. The zero-order chi connectivity index (χ0) is 19.3. The van der Waals surface area contributed by atoms with Crippen molar-refractivity contribution < 1.29 is 4.39 Å². The van der Waals surface area contributed by atoms with E-state index in [9.17, 15) is 4.39 Å². The van der Waals surface area contributed by atoms with E-state index in [1.807, 2.05) is 67.6 Å². The first-order valence-electron chi connectivity index (χ1n) is 8.69. The number of hydrazone groups is 1. The Hall–Kier alpha value is -3.87. The Morgan fingerprint density at radius 1 is 1.00 bits per heavy atom. The lowest BCUT2D eigenvalue weighted by Gasteiger charge is -2.09. The van der Waals surface area contributed by atoms with Gasteiger partial charge in [0.2, 0.25) is 5.95 Å². The molecule has 28 heavy (non-hydrogen) atoms. The molecular formula is C21H17FN6. The van der Waals surface area contributed by atoms with Gasteiger partial charge in [-0.1, -0.05) is 36.4 Å². The molecule has 4 aromatic rings. The number of anilines is 3. The molecule has 138 valence electrons. The van der Waals surface area contributed by atoms with Crippen molar-refractivity contribution in [3.05, 3.63) is 84.4 Å². The molecule has 0 atom stereocenters. The summed E-state index contributed by atoms with van der Waals surface area (Å²) in [5, 5.41) is 8.20. The van der Waals surface area contributed by atoms with Crippen LogP contribution in [-0.4, -0.2) is 20.7 Å². The number of rotatable bonds is 5. The first kappa shape index (κ1) is 17.5. The Balaban J connectivity index is 1.55. The van der Waals surface area contributed by atoms with Crippen LogP contribution in [-0.2, 0) is 0 Å². The van der Waals surface area contributed by atoms with Crippen molar-refractivity contribution in [3.8, 4) is 0 Å². The third kappa shape index (κ3) is 3.93. The quantitative estimate of drug-likeness (QED) is 0.391. The highest BCUT2D eigenvalue weighted by Gasteiger charge is 2.08. The van der Waals surface area contributed by atoms with Gasteiger partial charge in [0.25, 0.3) is 0 Å². The van der Waals surface area contributed by atoms with Crippen molar-refractivity contribution in [2.75, 3.05) is 10.7 Å². The third-order valence-corrected chi connectivity index (χ3v) is 4.13. The van der Waals surface area contributed by atoms with Crippen molar-refractivity contribution >= 4 is 34.1 Å². The van der Waals surface area contributed by atoms with Gasteiger partial charge in [-0.05, 0) is 36.8 Å². The molecule has 0 amide bonds. The second kappa shape index (κ2) is 7.79. The second-order valence-electron chi connectivity index (χ2n) is 6.10. The maximum absolute atomic E-state index is 14.2. The summed E-state index contributed by atoms with van der Waals surface area (Å²) in [4.78, 5) is 12.4. The summed E-state index contributed by atoms with van der Waals surface area (Å²) < 4.78 is 14.2. The van der Waals surface area contributed by atoms with Crippen molar-refractivity contribution in [2.45, 2.75) is 6.92 Å². The Bertz CT molecular complexity index is 1140. The maximum atomic E-state index is 14.2. The van der Waals surface area contributed by atoms with Gasteiger partial charge in [-0.15, -0.1) is 0 Å². The van der Waals surface area contributed by atoms with Crippen LogP contribution in [0.15, 0.2) is 78.2 Å². The van der Waals surface area contributed by atoms with Gasteiger partial charge in [0.15, 0.2) is 11.6 Å². The molecule has 0 aliphatic rings. The minimum atomic E-state index is -0.555. The number of fused-ring (bicyclic) bond motifs is 1. The van der Waals surface area contributed by atoms with Crippen LogP contribution < -0.4 is 10.7 Å². The summed E-state index contributed by atoms with van der Waals surface area (Å²) in [5.74, 6) is -0.296. The minimum Gasteiger partial charge on any atom is -0.338 e. The lowest BCUT2D eigenvalue weighted by Crippen LogP contribution is -2.05. The fourth-order valence-corrected chi connectivity index (χ4v) is 2.68. The van der Waals surface area contributed by atoms with Crippen LogP contribution in [0.5, 0.6) is 0 Å². The molecule has 2 aromatic heterocycles. The molecular weight excluding hydrogens is 355 g/mol. The van der Waals surface area contributed by atoms with Crippen LogP contribution in [0.1, 0.15) is 12.5 Å². The Labute approximate surface area is 161 Å². The molecule has 0 saturated carbocycles. The summed E-state index contributed by atoms with van der Waals surface area (Å²) in [6, 6.07) is 19.1. The molecule has 6 nitrogen and oxygen atoms in total. The Morgan fingerprint density at radius 3 is 2.71 bits per heavy atom. The lowest BCUT2D eigenvalue weighted by molar-refractivity contribution is 0.619. The summed E-state index contributed by atoms with van der Waals surface area (Å²) in [5.41, 5.74) is 6.08. The number of benzene rings is 2. The Kier molecular flexibility index (Phi) is 4.88. The van der Waals surface area contributed by atoms with E-state index >= 15 is 0 Å². The number of halogens is 1. The highest BCUT2D eigenvalue weighted by Crippen LogP contribution is 2.22. The summed E-state index contributed by atoms with van der Waals surface area (Å²) in [6.07, 6.45) is 2.84. The van der Waals surface area contributed by atoms with E-state index in [-0.39, 0.29) is 11.8 Å². The predicted octanol–water partition coefficient (Wildman–Crippen LogP) is 4.74. The van der Waals surface area contributed by atoms with E-state index in [0.717, 1.165) is 28.4 Å². The molecule has 0 unspecified atom stereocenters. The van der Waals surface area contributed by atoms with Crippen LogP contribution >= 0.6 is 0 Å². The molecule has 0 radical (unpaired) electrons. The number of hydrogen-bond donors (Lipinski definition) is 2. The van der Waals surface area contributed by atoms with Crippen molar-refractivity contribution in [1.82, 2.24) is 15.0 Å². The van der Waals surface area contributed by atoms with Gasteiger partial charge in [-0.3, -0.25) is 4.98 Å². The zero-order valence-electron chi connectivity index (χ0n) is 15.1. The molecule has 4 rings (SSSR count). The maximum Gasteiger partial charge on any atom is 0.245 e. The normalized spacial score (nSPS) is 11.4. The number of nitrogens with one attached hydrogen (secondary N) is 2. The first-order chi connectivity index (χ1) is 13.7. The highest BCUT2D eigenvalue weighted by atomic mass is 19.1. The summed E-state index contributed by atoms with van der Waals surface area (Å²) >= 11 is 0. The minimum absolute atomic E-state index is 0.0632. The average molecular weight is 372 g/mol. The van der Waals surface area contributed by atoms with Crippen LogP contribution in [0.4, 0.5) is 21.8 Å². The zero-order valence-corrected chi connectivity index (χ0v) is 15.1. The van der Waals surface area contributed by atoms with Crippen molar-refractivity contribution in [3.63, 3.8) is 0 Å². The standard InChI is InChI=1S/C21H17FN6/c1-14(15-6-3-2-4-7-15)27-28-21-24-13-18(22)20(26-21)25-17-9-10-19-16(12-17)8-5-11-23-19/h2-13H,1H3,(H2,24,25,26,28)/b27-14-. The molecule has 0 fully saturated rings. The molecule has 0 saturated heterocycles. The molecule has 0 aliphatic carbocycles. The van der Waals surface area contributed by atoms with E-state index in [1.165, 1.54) is 0 Å². The molecule has 0 bridgehead atoms. The van der Waals surface area contributed by atoms with Crippen LogP contribution in [0.25, 0.3) is 10.9 Å². The number of hydrogen-bond acceptors (Lipinski definition) is 6. The monoisotopic (exact) mass is 372 g/mol. The van der Waals surface area contributed by atoms with E-state index in [1.54, 1.807) is 6.20 Å². The molecule has 0 spiro atoms. The third-order valence-electron chi connectivity index (χ3n) is 4.13. The summed E-state index contributed by atoms with van der Waals surface area (Å²) in [6.45, 7) is 1.87. The van der Waals surface area contributed by atoms with Gasteiger partial charge in [-0.25, -0.2) is 14.8 Å². The molecule has 2 heterocycles. The highest BCUT2D eigenvalue weighted by molar-refractivity contribution is 5.98. The van der Waals surface area contributed by atoms with Gasteiger partial charge < -0.3 is 5.32 Å². The molecule has 2 aromatic carbocycles. The van der Waals surface area contributed by atoms with Crippen LogP contribution in [0.2, 0.25) is 0 Å². The fourth-order valence-electron chi connectivity index (χ4n) is 2.68. The van der Waals surface area contributed by atoms with Crippen LogP contribution in [0.3, 0.4) is 0 Å². The number of aromatic nitrogens is 3. The number of nitrogens with zero attached hydrogens (tertiary/aromatic N) is 4. The molecule has 7 heteroatoms. The van der Waals surface area contributed by atoms with Gasteiger partial charge in [0, 0.05) is 17.3 Å². The topological polar surface area (TPSA) is 75.1 Å². The molecule has 0 aliphatic heterocycles. The number of pyridine rings is 1. The largest absolute Gasteiger partial charge is 0.338 e. The smallest absolute Gasteiger partial charge is 0.245 e. The van der Waals surface area contributed by atoms with E-state index in [2.05, 4.69) is 30.8 Å². The van der Waals surface area contributed by atoms with E-state index in [4.69, 9.17) is 0 Å². The second-order valence-corrected chi connectivity index (χ2v) is 6.10. The van der Waals surface area contributed by atoms with Gasteiger partial charge in [0.1, 0.15) is 0 Å². The molecule has 2 N–H and O–H groups in total. The lowest BCUT2D eigenvalue weighted by atomic mass is 10.1. The SMILES string of the molecule is C/C(=N/Nc1ncc(F)c(Nc2ccc3ncccc3c2)n1)c1ccccc1. The van der Waals surface area contributed by atoms with Gasteiger partial charge in [-0.2, -0.15) is 10.1 Å². The predicted molar refractivity (Wildman–Crippen MR) is 109 cm³/mol.